The van der Waals surface area contributed by atoms with E-state index in [-0.39, 0.29) is 13.1 Å². The molecule has 2 heterocycles. The minimum Gasteiger partial charge on any atom is -0.376 e. The van der Waals surface area contributed by atoms with Gasteiger partial charge in [0.2, 0.25) is 0 Å². The summed E-state index contributed by atoms with van der Waals surface area (Å²) in [5.41, 5.74) is 0. The van der Waals surface area contributed by atoms with E-state index in [2.05, 4.69) is 0 Å². The van der Waals surface area contributed by atoms with Gasteiger partial charge in [-0.05, 0) is 25.7 Å². The van der Waals surface area contributed by atoms with E-state index in [4.69, 9.17) is 9.47 Å². The molecular formula is C14H20F4N2O4. The summed E-state index contributed by atoms with van der Waals surface area (Å²) in [7, 11) is 0. The maximum atomic E-state index is 13.7. The topological polar surface area (TPSA) is 76.7 Å². The molecule has 0 radical (unpaired) electrons. The van der Waals surface area contributed by atoms with Gasteiger partial charge in [0, 0.05) is 26.3 Å². The first-order valence-electron chi connectivity index (χ1n) is 7.80. The molecule has 2 aliphatic heterocycles. The number of ether oxygens (including phenoxy) is 2. The number of carbonyl (C=O) groups excluding carboxylic acids is 2. The van der Waals surface area contributed by atoms with Crippen molar-refractivity contribution < 1.29 is 36.6 Å². The Bertz CT molecular complexity index is 422. The molecule has 2 N–H and O–H groups in total. The Kier molecular flexibility index (Phi) is 6.02. The van der Waals surface area contributed by atoms with Crippen LogP contribution in [0.4, 0.5) is 17.6 Å². The number of alkyl halides is 4. The molecule has 138 valence electrons. The number of hydrogen-bond acceptors (Lipinski definition) is 4. The van der Waals surface area contributed by atoms with Crippen LogP contribution in [-0.4, -0.2) is 62.2 Å². The van der Waals surface area contributed by atoms with E-state index in [0.29, 0.717) is 38.9 Å². The summed E-state index contributed by atoms with van der Waals surface area (Å²) in [6.45, 7) is 0.252. The molecule has 2 aliphatic rings. The van der Waals surface area contributed by atoms with Crippen molar-refractivity contribution >= 4 is 11.8 Å². The third-order valence-electron chi connectivity index (χ3n) is 3.99. The van der Waals surface area contributed by atoms with E-state index in [1.165, 1.54) is 0 Å². The summed E-state index contributed by atoms with van der Waals surface area (Å²) >= 11 is 0. The van der Waals surface area contributed by atoms with Gasteiger partial charge in [-0.1, -0.05) is 0 Å². The van der Waals surface area contributed by atoms with Gasteiger partial charge >= 0.3 is 11.8 Å². The van der Waals surface area contributed by atoms with Crippen molar-refractivity contribution in [3.05, 3.63) is 0 Å². The molecule has 0 aromatic carbocycles. The van der Waals surface area contributed by atoms with Crippen molar-refractivity contribution in [2.24, 2.45) is 0 Å². The van der Waals surface area contributed by atoms with Crippen LogP contribution in [0.25, 0.3) is 0 Å². The smallest absolute Gasteiger partial charge is 0.376 e. The molecular weight excluding hydrogens is 336 g/mol. The molecule has 6 nitrogen and oxygen atoms in total. The van der Waals surface area contributed by atoms with Crippen LogP contribution in [0.5, 0.6) is 0 Å². The molecule has 0 spiro atoms. The second kappa shape index (κ2) is 7.64. The number of amides is 2. The molecule has 2 amide bonds. The Morgan fingerprint density at radius 2 is 1.21 bits per heavy atom. The van der Waals surface area contributed by atoms with Crippen molar-refractivity contribution in [1.29, 1.82) is 0 Å². The highest BCUT2D eigenvalue weighted by Crippen LogP contribution is 2.34. The van der Waals surface area contributed by atoms with Crippen molar-refractivity contribution in [2.45, 2.75) is 49.7 Å². The molecule has 2 atom stereocenters. The first-order valence-corrected chi connectivity index (χ1v) is 7.80. The van der Waals surface area contributed by atoms with E-state index in [0.717, 1.165) is 0 Å². The molecule has 0 aliphatic carbocycles. The quantitative estimate of drug-likeness (QED) is 0.663. The zero-order chi connectivity index (χ0) is 17.8. The summed E-state index contributed by atoms with van der Waals surface area (Å²) in [5, 5.41) is 3.45. The van der Waals surface area contributed by atoms with E-state index in [1.807, 2.05) is 0 Å². The van der Waals surface area contributed by atoms with Gasteiger partial charge < -0.3 is 20.1 Å². The lowest BCUT2D eigenvalue weighted by Crippen LogP contribution is -2.60. The van der Waals surface area contributed by atoms with E-state index < -0.39 is 35.9 Å². The second-order valence-electron chi connectivity index (χ2n) is 5.84. The van der Waals surface area contributed by atoms with Crippen molar-refractivity contribution in [2.75, 3.05) is 26.3 Å². The minimum atomic E-state index is -5.16. The Balaban J connectivity index is 1.87. The zero-order valence-corrected chi connectivity index (χ0v) is 13.0. The first-order chi connectivity index (χ1) is 11.2. The molecule has 0 aromatic heterocycles. The molecule has 0 aromatic rings. The number of carbonyl (C=O) groups is 2. The zero-order valence-electron chi connectivity index (χ0n) is 13.0. The van der Waals surface area contributed by atoms with Gasteiger partial charge in [-0.25, -0.2) is 0 Å². The SMILES string of the molecule is O=C(NCC1CCCO1)C(F)(F)C(F)(F)C(=O)NCC1CCCO1. The summed E-state index contributed by atoms with van der Waals surface area (Å²) in [5.74, 6) is -14.7. The first kappa shape index (κ1) is 18.9. The van der Waals surface area contributed by atoms with Gasteiger partial charge in [-0.2, -0.15) is 17.6 Å². The summed E-state index contributed by atoms with van der Waals surface area (Å²) in [6, 6.07) is 0. The number of nitrogens with one attached hydrogen (secondary N) is 2. The molecule has 0 saturated carbocycles. The van der Waals surface area contributed by atoms with Crippen molar-refractivity contribution in [3.63, 3.8) is 0 Å². The number of hydrogen-bond donors (Lipinski definition) is 2. The van der Waals surface area contributed by atoms with Crippen LogP contribution in [0.1, 0.15) is 25.7 Å². The average Bonchev–Trinajstić information content (AvgIpc) is 3.23. The fourth-order valence-corrected chi connectivity index (χ4v) is 2.53. The lowest BCUT2D eigenvalue weighted by molar-refractivity contribution is -0.211. The van der Waals surface area contributed by atoms with Crippen LogP contribution < -0.4 is 10.6 Å². The van der Waals surface area contributed by atoms with Crippen LogP contribution in [-0.2, 0) is 19.1 Å². The van der Waals surface area contributed by atoms with Gasteiger partial charge in [-0.15, -0.1) is 0 Å². The maximum Gasteiger partial charge on any atom is 0.395 e. The number of rotatable bonds is 7. The fraction of sp³-hybridized carbons (Fsp3) is 0.857. The van der Waals surface area contributed by atoms with Gasteiger partial charge in [0.15, 0.2) is 0 Å². The fourth-order valence-electron chi connectivity index (χ4n) is 2.53. The van der Waals surface area contributed by atoms with Crippen molar-refractivity contribution in [1.82, 2.24) is 10.6 Å². The van der Waals surface area contributed by atoms with E-state index in [9.17, 15) is 27.2 Å². The molecule has 2 unspecified atom stereocenters. The second-order valence-corrected chi connectivity index (χ2v) is 5.84. The Labute approximate surface area is 136 Å². The minimum absolute atomic E-state index is 0.304. The third-order valence-corrected chi connectivity index (χ3v) is 3.99. The van der Waals surface area contributed by atoms with Gasteiger partial charge in [0.1, 0.15) is 0 Å². The predicted octanol–water partition coefficient (Wildman–Crippen LogP) is 0.847. The lowest BCUT2D eigenvalue weighted by atomic mass is 10.1. The summed E-state index contributed by atoms with van der Waals surface area (Å²) < 4.78 is 65.1. The van der Waals surface area contributed by atoms with Gasteiger partial charge in [0.25, 0.3) is 11.8 Å². The van der Waals surface area contributed by atoms with Crippen LogP contribution in [0.3, 0.4) is 0 Å². The van der Waals surface area contributed by atoms with Crippen LogP contribution in [0, 0.1) is 0 Å². The van der Waals surface area contributed by atoms with Crippen LogP contribution >= 0.6 is 0 Å². The van der Waals surface area contributed by atoms with E-state index in [1.54, 1.807) is 10.6 Å². The van der Waals surface area contributed by atoms with E-state index >= 15 is 0 Å². The Morgan fingerprint density at radius 3 is 1.50 bits per heavy atom. The highest BCUT2D eigenvalue weighted by molar-refractivity contribution is 5.95. The molecule has 10 heteroatoms. The van der Waals surface area contributed by atoms with Gasteiger partial charge in [-0.3, -0.25) is 9.59 Å². The highest BCUT2D eigenvalue weighted by atomic mass is 19.3. The monoisotopic (exact) mass is 356 g/mol. The number of halogens is 4. The lowest BCUT2D eigenvalue weighted by Gasteiger charge is -2.25. The maximum absolute atomic E-state index is 13.7. The largest absolute Gasteiger partial charge is 0.395 e. The molecule has 2 fully saturated rings. The van der Waals surface area contributed by atoms with Crippen molar-refractivity contribution in [3.8, 4) is 0 Å². The summed E-state index contributed by atoms with van der Waals surface area (Å²) in [4.78, 5) is 22.9. The standard InChI is InChI=1S/C14H20F4N2O4/c15-13(16,11(21)19-7-9-3-1-5-23-9)14(17,18)12(22)20-8-10-4-2-6-24-10/h9-10H,1-8H2,(H,19,21)(H,20,22). The van der Waals surface area contributed by atoms with Crippen LogP contribution in [0.2, 0.25) is 0 Å². The average molecular weight is 356 g/mol. The Hall–Kier alpha value is -1.42. The Morgan fingerprint density at radius 1 is 0.833 bits per heavy atom. The third kappa shape index (κ3) is 4.15. The molecule has 2 saturated heterocycles. The normalized spacial score (nSPS) is 24.8. The highest BCUT2D eigenvalue weighted by Gasteiger charge is 2.66. The molecule has 2 rings (SSSR count). The molecule has 24 heavy (non-hydrogen) atoms. The van der Waals surface area contributed by atoms with Crippen LogP contribution in [0.15, 0.2) is 0 Å². The molecule has 0 bridgehead atoms. The summed E-state index contributed by atoms with van der Waals surface area (Å²) in [6.07, 6.45) is 1.55. The predicted molar refractivity (Wildman–Crippen MR) is 73.9 cm³/mol. The van der Waals surface area contributed by atoms with Gasteiger partial charge in [0.05, 0.1) is 12.2 Å².